The molecule has 1 aliphatic carbocycles. The third kappa shape index (κ3) is 8.85. The highest BCUT2D eigenvalue weighted by atomic mass is 16.3. The first-order chi connectivity index (χ1) is 13.8. The maximum Gasteiger partial charge on any atom is 0.182 e. The highest BCUT2D eigenvalue weighted by molar-refractivity contribution is 5.91. The summed E-state index contributed by atoms with van der Waals surface area (Å²) in [4.78, 5) is 23.6. The third-order valence-electron chi connectivity index (χ3n) is 5.26. The van der Waals surface area contributed by atoms with Gasteiger partial charge in [0.25, 0.3) is 0 Å². The first-order valence-corrected chi connectivity index (χ1v) is 10.3. The molecular formula is C22H37N5O2. The fraction of sp³-hybridized carbons (Fsp3) is 0.591. The maximum atomic E-state index is 11.5. The summed E-state index contributed by atoms with van der Waals surface area (Å²) in [6, 6.07) is 0.293. The Morgan fingerprint density at radius 3 is 2.69 bits per heavy atom. The number of carbonyl (C=O) groups excluding carboxylic acids is 1. The zero-order valence-electron chi connectivity index (χ0n) is 18.5. The van der Waals surface area contributed by atoms with Gasteiger partial charge in [0.1, 0.15) is 6.54 Å². The van der Waals surface area contributed by atoms with Crippen LogP contribution in [0.4, 0.5) is 0 Å². The molecule has 0 bridgehead atoms. The van der Waals surface area contributed by atoms with Gasteiger partial charge in [0, 0.05) is 32.4 Å². The minimum Gasteiger partial charge on any atom is -0.372 e. The van der Waals surface area contributed by atoms with Crippen LogP contribution in [0.15, 0.2) is 53.4 Å². The van der Waals surface area contributed by atoms with Crippen LogP contribution in [0.3, 0.4) is 0 Å². The van der Waals surface area contributed by atoms with Crippen molar-refractivity contribution in [3.05, 3.63) is 53.1 Å². The van der Waals surface area contributed by atoms with Gasteiger partial charge in [-0.25, -0.2) is 10.4 Å². The molecule has 0 aromatic rings. The van der Waals surface area contributed by atoms with Crippen molar-refractivity contribution < 1.29 is 4.79 Å². The van der Waals surface area contributed by atoms with E-state index in [1.807, 2.05) is 18.9 Å². The molecule has 0 saturated carbocycles. The summed E-state index contributed by atoms with van der Waals surface area (Å²) < 4.78 is 0. The number of allylic oxidation sites excluding steroid dienone is 3. The molecule has 162 valence electrons. The second-order valence-corrected chi connectivity index (χ2v) is 7.57. The Kier molecular flexibility index (Phi) is 11.3. The number of nitroso groups, excluding NO2 is 1. The molecule has 0 aliphatic heterocycles. The monoisotopic (exact) mass is 403 g/mol. The average molecular weight is 404 g/mol. The number of carbonyl (C=O) groups is 1. The van der Waals surface area contributed by atoms with Crippen LogP contribution in [-0.2, 0) is 4.79 Å². The Morgan fingerprint density at radius 1 is 1.45 bits per heavy atom. The van der Waals surface area contributed by atoms with Crippen molar-refractivity contribution in [2.75, 3.05) is 26.7 Å². The van der Waals surface area contributed by atoms with E-state index in [-0.39, 0.29) is 24.4 Å². The Hall–Kier alpha value is -2.09. The molecule has 0 aromatic heterocycles. The van der Waals surface area contributed by atoms with Gasteiger partial charge in [-0.05, 0) is 38.7 Å². The van der Waals surface area contributed by atoms with E-state index >= 15 is 0 Å². The fourth-order valence-corrected chi connectivity index (χ4v) is 3.13. The second-order valence-electron chi connectivity index (χ2n) is 7.57. The quantitative estimate of drug-likeness (QED) is 0.200. The van der Waals surface area contributed by atoms with Crippen molar-refractivity contribution in [1.82, 2.24) is 20.9 Å². The SMILES string of the molecule is C=C(C)C(CN(CC)NNC(C)C1C=CC(CC)=CC1)N(C)/C=C\C(=O)CN=O. The maximum absolute atomic E-state index is 11.5. The Balaban J connectivity index is 2.60. The molecule has 0 amide bonds. The molecule has 0 radical (unpaired) electrons. The standard InChI is InChI=1S/C22H37N5O2/c1-7-19-9-11-20(12-10-19)18(5)24-25-27(8-2)16-22(17(3)4)26(6)14-13-21(28)15-23-29/h9-11,13-14,18,20,22,24-25H,3,7-8,12,15-16H2,1-2,4-6H3/b14-13-. The van der Waals surface area contributed by atoms with Gasteiger partial charge in [0.15, 0.2) is 5.78 Å². The normalized spacial score (nSPS) is 18.6. The van der Waals surface area contributed by atoms with E-state index in [0.29, 0.717) is 12.5 Å². The molecule has 0 aromatic carbocycles. The van der Waals surface area contributed by atoms with Gasteiger partial charge in [-0.15, -0.1) is 0 Å². The molecule has 0 saturated heterocycles. The molecule has 0 fully saturated rings. The highest BCUT2D eigenvalue weighted by Gasteiger charge is 2.19. The second kappa shape index (κ2) is 13.2. The highest BCUT2D eigenvalue weighted by Crippen LogP contribution is 2.20. The molecular weight excluding hydrogens is 366 g/mol. The zero-order valence-corrected chi connectivity index (χ0v) is 18.5. The third-order valence-corrected chi connectivity index (χ3v) is 5.26. The van der Waals surface area contributed by atoms with Gasteiger partial charge in [-0.1, -0.05) is 55.0 Å². The van der Waals surface area contributed by atoms with Crippen molar-refractivity contribution in [2.24, 2.45) is 11.1 Å². The number of ketones is 1. The minimum atomic E-state index is -0.336. The lowest BCUT2D eigenvalue weighted by molar-refractivity contribution is -0.113. The number of likely N-dealkylation sites (N-methyl/N-ethyl adjacent to an activating group) is 2. The number of rotatable bonds is 14. The van der Waals surface area contributed by atoms with E-state index in [0.717, 1.165) is 25.0 Å². The summed E-state index contributed by atoms with van der Waals surface area (Å²) in [5, 5.41) is 4.71. The van der Waals surface area contributed by atoms with Crippen LogP contribution in [0.25, 0.3) is 0 Å². The Morgan fingerprint density at radius 2 is 2.17 bits per heavy atom. The molecule has 3 atom stereocenters. The van der Waals surface area contributed by atoms with Gasteiger partial charge >= 0.3 is 0 Å². The van der Waals surface area contributed by atoms with E-state index in [2.05, 4.69) is 66.7 Å². The summed E-state index contributed by atoms with van der Waals surface area (Å²) in [5.74, 6) is 0.144. The summed E-state index contributed by atoms with van der Waals surface area (Å²) in [5.41, 5.74) is 9.13. The smallest absolute Gasteiger partial charge is 0.182 e. The first-order valence-electron chi connectivity index (χ1n) is 10.3. The van der Waals surface area contributed by atoms with Gasteiger partial charge in [-0.2, -0.15) is 10.4 Å². The van der Waals surface area contributed by atoms with Gasteiger partial charge in [-0.3, -0.25) is 4.79 Å². The number of hydrazine groups is 2. The van der Waals surface area contributed by atoms with Gasteiger partial charge < -0.3 is 4.90 Å². The van der Waals surface area contributed by atoms with Crippen LogP contribution in [0.1, 0.15) is 40.5 Å². The topological polar surface area (TPSA) is 77.0 Å². The predicted molar refractivity (Wildman–Crippen MR) is 120 cm³/mol. The van der Waals surface area contributed by atoms with Crippen LogP contribution >= 0.6 is 0 Å². The fourth-order valence-electron chi connectivity index (χ4n) is 3.13. The summed E-state index contributed by atoms with van der Waals surface area (Å²) >= 11 is 0. The van der Waals surface area contributed by atoms with E-state index in [1.165, 1.54) is 11.6 Å². The largest absolute Gasteiger partial charge is 0.372 e. The van der Waals surface area contributed by atoms with Crippen molar-refractivity contribution >= 4 is 5.78 Å². The zero-order chi connectivity index (χ0) is 21.8. The van der Waals surface area contributed by atoms with Crippen molar-refractivity contribution in [1.29, 1.82) is 0 Å². The molecule has 0 heterocycles. The summed E-state index contributed by atoms with van der Waals surface area (Å²) in [6.07, 6.45) is 12.0. The number of nitrogens with zero attached hydrogens (tertiary/aromatic N) is 3. The van der Waals surface area contributed by atoms with Crippen molar-refractivity contribution in [3.8, 4) is 0 Å². The van der Waals surface area contributed by atoms with Crippen LogP contribution in [-0.4, -0.2) is 54.5 Å². The molecule has 1 aliphatic rings. The number of nitrogens with one attached hydrogen (secondary N) is 2. The van der Waals surface area contributed by atoms with Crippen LogP contribution in [0.5, 0.6) is 0 Å². The van der Waals surface area contributed by atoms with Crippen LogP contribution < -0.4 is 11.0 Å². The number of hydrogen-bond acceptors (Lipinski definition) is 7. The minimum absolute atomic E-state index is 0.0115. The van der Waals surface area contributed by atoms with Crippen LogP contribution in [0.2, 0.25) is 0 Å². The lowest BCUT2D eigenvalue weighted by Gasteiger charge is -2.34. The average Bonchev–Trinajstić information content (AvgIpc) is 2.72. The Bertz CT molecular complexity index is 641. The van der Waals surface area contributed by atoms with Crippen LogP contribution in [0, 0.1) is 10.8 Å². The molecule has 7 heteroatoms. The number of hydrogen-bond donors (Lipinski definition) is 2. The van der Waals surface area contributed by atoms with E-state index in [4.69, 9.17) is 0 Å². The molecule has 29 heavy (non-hydrogen) atoms. The first kappa shape index (κ1) is 24.9. The molecule has 1 rings (SSSR count). The Labute approximate surface area is 175 Å². The lowest BCUT2D eigenvalue weighted by atomic mass is 9.91. The summed E-state index contributed by atoms with van der Waals surface area (Å²) in [7, 11) is 1.89. The predicted octanol–water partition coefficient (Wildman–Crippen LogP) is 3.34. The van der Waals surface area contributed by atoms with Crippen molar-refractivity contribution in [3.63, 3.8) is 0 Å². The van der Waals surface area contributed by atoms with Crippen molar-refractivity contribution in [2.45, 2.75) is 52.6 Å². The molecule has 3 unspecified atom stereocenters. The van der Waals surface area contributed by atoms with E-state index < -0.39 is 0 Å². The van der Waals surface area contributed by atoms with Gasteiger partial charge in [0.2, 0.25) is 0 Å². The molecule has 7 nitrogen and oxygen atoms in total. The van der Waals surface area contributed by atoms with E-state index in [9.17, 15) is 9.70 Å². The molecule has 2 N–H and O–H groups in total. The summed E-state index contributed by atoms with van der Waals surface area (Å²) in [6.45, 7) is 13.7. The molecule has 0 spiro atoms. The van der Waals surface area contributed by atoms with Gasteiger partial charge in [0.05, 0.1) is 6.04 Å². The lowest BCUT2D eigenvalue weighted by Crippen LogP contribution is -2.55. The van der Waals surface area contributed by atoms with E-state index in [1.54, 1.807) is 6.20 Å².